The summed E-state index contributed by atoms with van der Waals surface area (Å²) < 4.78 is 5.82. The van der Waals surface area contributed by atoms with Gasteiger partial charge in [-0.05, 0) is 28.1 Å². The van der Waals surface area contributed by atoms with Gasteiger partial charge in [-0.15, -0.1) is 0 Å². The van der Waals surface area contributed by atoms with Crippen molar-refractivity contribution in [3.8, 4) is 0 Å². The number of nitrogens with zero attached hydrogens (tertiary/aromatic N) is 3. The number of aromatic nitrogens is 3. The maximum atomic E-state index is 4.88. The predicted molar refractivity (Wildman–Crippen MR) is 63.2 cm³/mol. The second-order valence-corrected chi connectivity index (χ2v) is 4.09. The van der Waals surface area contributed by atoms with Crippen molar-refractivity contribution in [2.24, 2.45) is 0 Å². The molecule has 0 aromatic carbocycles. The molecule has 0 saturated carbocycles. The van der Waals surface area contributed by atoms with Crippen molar-refractivity contribution >= 4 is 21.7 Å². The smallest absolute Gasteiger partial charge is 0.223 e. The zero-order valence-corrected chi connectivity index (χ0v) is 10.4. The molecule has 0 aliphatic heterocycles. The van der Waals surface area contributed by atoms with Gasteiger partial charge in [-0.3, -0.25) is 0 Å². The van der Waals surface area contributed by atoms with E-state index in [1.54, 1.807) is 13.1 Å². The van der Waals surface area contributed by atoms with Crippen molar-refractivity contribution in [1.29, 1.82) is 0 Å². The molecule has 1 N–H and O–H groups in total. The normalized spacial score (nSPS) is 10.4. The largest absolute Gasteiger partial charge is 0.369 e. The molecule has 0 unspecified atom stereocenters. The third-order valence-corrected chi connectivity index (χ3v) is 2.61. The number of nitrogens with one attached hydrogen (secondary N) is 1. The summed E-state index contributed by atoms with van der Waals surface area (Å²) in [5, 5.41) is 7.00. The van der Waals surface area contributed by atoms with Crippen molar-refractivity contribution < 1.29 is 4.52 Å². The van der Waals surface area contributed by atoms with Crippen LogP contribution in [0.2, 0.25) is 0 Å². The van der Waals surface area contributed by atoms with Crippen LogP contribution in [0.15, 0.2) is 27.3 Å². The lowest BCUT2D eigenvalue weighted by atomic mass is 10.4. The highest BCUT2D eigenvalue weighted by Crippen LogP contribution is 2.17. The van der Waals surface area contributed by atoms with E-state index in [1.807, 2.05) is 12.1 Å². The molecule has 0 aliphatic rings. The first-order chi connectivity index (χ1) is 7.75. The first kappa shape index (κ1) is 11.1. The van der Waals surface area contributed by atoms with E-state index < -0.39 is 0 Å². The molecule has 0 aliphatic carbocycles. The molecule has 2 aromatic rings. The van der Waals surface area contributed by atoms with Gasteiger partial charge in [-0.25, -0.2) is 4.98 Å². The Morgan fingerprint density at radius 2 is 2.38 bits per heavy atom. The van der Waals surface area contributed by atoms with Crippen molar-refractivity contribution in [3.05, 3.63) is 34.5 Å². The fourth-order valence-electron chi connectivity index (χ4n) is 1.25. The fraction of sp³-hybridized carbons (Fsp3) is 0.300. The number of pyridine rings is 1. The Balaban J connectivity index is 1.87. The standard InChI is InChI=1S/C10H11BrN4O/c1-7-14-9(15-16-7)4-6-13-10-8(11)3-2-5-12-10/h2-3,5H,4,6H2,1H3,(H,12,13). The van der Waals surface area contributed by atoms with Crippen molar-refractivity contribution in [2.75, 3.05) is 11.9 Å². The summed E-state index contributed by atoms with van der Waals surface area (Å²) in [5.74, 6) is 2.12. The molecule has 2 heterocycles. The lowest BCUT2D eigenvalue weighted by Crippen LogP contribution is -2.07. The van der Waals surface area contributed by atoms with E-state index in [0.29, 0.717) is 24.7 Å². The molecule has 2 aromatic heterocycles. The second-order valence-electron chi connectivity index (χ2n) is 3.24. The highest BCUT2D eigenvalue weighted by Gasteiger charge is 2.03. The second kappa shape index (κ2) is 5.07. The van der Waals surface area contributed by atoms with Crippen LogP contribution in [0, 0.1) is 6.92 Å². The van der Waals surface area contributed by atoms with E-state index in [2.05, 4.69) is 36.4 Å². The van der Waals surface area contributed by atoms with Gasteiger partial charge in [0.25, 0.3) is 0 Å². The molecule has 2 rings (SSSR count). The SMILES string of the molecule is Cc1nc(CCNc2ncccc2Br)no1. The molecule has 0 fully saturated rings. The Labute approximate surface area is 101 Å². The maximum Gasteiger partial charge on any atom is 0.223 e. The van der Waals surface area contributed by atoms with Gasteiger partial charge in [0.05, 0.1) is 4.47 Å². The number of hydrogen-bond acceptors (Lipinski definition) is 5. The third-order valence-electron chi connectivity index (χ3n) is 1.97. The predicted octanol–water partition coefficient (Wildman–Crippen LogP) is 2.19. The summed E-state index contributed by atoms with van der Waals surface area (Å²) in [6.45, 7) is 2.49. The third kappa shape index (κ3) is 2.79. The lowest BCUT2D eigenvalue weighted by molar-refractivity contribution is 0.387. The zero-order valence-electron chi connectivity index (χ0n) is 8.77. The summed E-state index contributed by atoms with van der Waals surface area (Å²) in [4.78, 5) is 8.31. The monoisotopic (exact) mass is 282 g/mol. The number of rotatable bonds is 4. The maximum absolute atomic E-state index is 4.88. The summed E-state index contributed by atoms with van der Waals surface area (Å²) >= 11 is 3.41. The van der Waals surface area contributed by atoms with Gasteiger partial charge in [0, 0.05) is 26.1 Å². The van der Waals surface area contributed by atoms with Crippen LogP contribution < -0.4 is 5.32 Å². The fourth-order valence-corrected chi connectivity index (χ4v) is 1.65. The van der Waals surface area contributed by atoms with Crippen LogP contribution in [-0.4, -0.2) is 21.7 Å². The Morgan fingerprint density at radius 1 is 1.50 bits per heavy atom. The molecule has 0 atom stereocenters. The van der Waals surface area contributed by atoms with E-state index in [-0.39, 0.29) is 0 Å². The Hall–Kier alpha value is -1.43. The highest BCUT2D eigenvalue weighted by atomic mass is 79.9. The van der Waals surface area contributed by atoms with E-state index in [9.17, 15) is 0 Å². The van der Waals surface area contributed by atoms with Crippen LogP contribution in [0.1, 0.15) is 11.7 Å². The van der Waals surface area contributed by atoms with E-state index in [1.165, 1.54) is 0 Å². The lowest BCUT2D eigenvalue weighted by Gasteiger charge is -2.04. The van der Waals surface area contributed by atoms with E-state index in [4.69, 9.17) is 4.52 Å². The topological polar surface area (TPSA) is 63.8 Å². The van der Waals surface area contributed by atoms with Crippen LogP contribution in [0.25, 0.3) is 0 Å². The Kier molecular flexibility index (Phi) is 3.51. The molecule has 6 heteroatoms. The number of aryl methyl sites for hydroxylation is 1. The van der Waals surface area contributed by atoms with Gasteiger partial charge in [0.1, 0.15) is 5.82 Å². The number of halogens is 1. The molecule has 0 amide bonds. The summed E-state index contributed by atoms with van der Waals surface area (Å²) in [6, 6.07) is 3.81. The zero-order chi connectivity index (χ0) is 11.4. The van der Waals surface area contributed by atoms with E-state index in [0.717, 1.165) is 10.3 Å². The van der Waals surface area contributed by atoms with Crippen LogP contribution in [-0.2, 0) is 6.42 Å². The van der Waals surface area contributed by atoms with Crippen LogP contribution >= 0.6 is 15.9 Å². The molecule has 0 radical (unpaired) electrons. The van der Waals surface area contributed by atoms with Crippen LogP contribution in [0.5, 0.6) is 0 Å². The summed E-state index contributed by atoms with van der Waals surface area (Å²) in [5.41, 5.74) is 0. The molecular formula is C10H11BrN4O. The van der Waals surface area contributed by atoms with Crippen molar-refractivity contribution in [2.45, 2.75) is 13.3 Å². The summed E-state index contributed by atoms with van der Waals surface area (Å²) in [6.07, 6.45) is 2.45. The first-order valence-corrected chi connectivity index (χ1v) is 5.68. The summed E-state index contributed by atoms with van der Waals surface area (Å²) in [7, 11) is 0. The first-order valence-electron chi connectivity index (χ1n) is 4.89. The van der Waals surface area contributed by atoms with Gasteiger partial charge in [-0.1, -0.05) is 5.16 Å². The average Bonchev–Trinajstić information content (AvgIpc) is 2.67. The number of anilines is 1. The quantitative estimate of drug-likeness (QED) is 0.931. The van der Waals surface area contributed by atoms with E-state index >= 15 is 0 Å². The Morgan fingerprint density at radius 3 is 3.06 bits per heavy atom. The molecule has 0 saturated heterocycles. The molecule has 16 heavy (non-hydrogen) atoms. The van der Waals surface area contributed by atoms with Crippen LogP contribution in [0.3, 0.4) is 0 Å². The minimum absolute atomic E-state index is 0.592. The molecule has 5 nitrogen and oxygen atoms in total. The molecule has 84 valence electrons. The van der Waals surface area contributed by atoms with Crippen LogP contribution in [0.4, 0.5) is 5.82 Å². The van der Waals surface area contributed by atoms with Gasteiger partial charge < -0.3 is 9.84 Å². The van der Waals surface area contributed by atoms with Gasteiger partial charge in [-0.2, -0.15) is 4.98 Å². The van der Waals surface area contributed by atoms with Gasteiger partial charge in [0.2, 0.25) is 5.89 Å². The average molecular weight is 283 g/mol. The van der Waals surface area contributed by atoms with Crippen molar-refractivity contribution in [1.82, 2.24) is 15.1 Å². The molecule has 0 spiro atoms. The minimum atomic E-state index is 0.592. The van der Waals surface area contributed by atoms with Gasteiger partial charge in [0.15, 0.2) is 5.82 Å². The molecule has 0 bridgehead atoms. The van der Waals surface area contributed by atoms with Crippen molar-refractivity contribution in [3.63, 3.8) is 0 Å². The van der Waals surface area contributed by atoms with Gasteiger partial charge >= 0.3 is 0 Å². The minimum Gasteiger partial charge on any atom is -0.369 e. The number of hydrogen-bond donors (Lipinski definition) is 1. The molecular weight excluding hydrogens is 272 g/mol. The Bertz CT molecular complexity index is 471. The highest BCUT2D eigenvalue weighted by molar-refractivity contribution is 9.10.